The summed E-state index contributed by atoms with van der Waals surface area (Å²) in [5, 5.41) is 16.1. The van der Waals surface area contributed by atoms with Crippen LogP contribution < -0.4 is 5.32 Å². The first-order chi connectivity index (χ1) is 8.99. The number of aliphatic hydroxyl groups excluding tert-OH is 1. The van der Waals surface area contributed by atoms with Crippen LogP contribution in [0.15, 0.2) is 6.20 Å². The molecule has 5 nitrogen and oxygen atoms in total. The molecule has 0 bridgehead atoms. The van der Waals surface area contributed by atoms with E-state index in [0.717, 1.165) is 18.7 Å². The fourth-order valence-electron chi connectivity index (χ4n) is 2.00. The van der Waals surface area contributed by atoms with Crippen LogP contribution in [0.3, 0.4) is 0 Å². The normalized spacial score (nSPS) is 12.7. The van der Waals surface area contributed by atoms with E-state index in [0.29, 0.717) is 17.9 Å². The second kappa shape index (κ2) is 7.28. The van der Waals surface area contributed by atoms with E-state index >= 15 is 0 Å². The van der Waals surface area contributed by atoms with Crippen LogP contribution in [-0.2, 0) is 6.54 Å². The van der Waals surface area contributed by atoms with Gasteiger partial charge < -0.3 is 10.4 Å². The number of carbonyl (C=O) groups excluding carboxylic acids is 1. The lowest BCUT2D eigenvalue weighted by Crippen LogP contribution is -2.35. The SMILES string of the molecule is CCC(CCO)NC(=O)c1cnn(CC(C)C)c1C. The molecule has 0 fully saturated rings. The zero-order chi connectivity index (χ0) is 14.4. The summed E-state index contributed by atoms with van der Waals surface area (Å²) in [7, 11) is 0. The fourth-order valence-corrected chi connectivity index (χ4v) is 2.00. The van der Waals surface area contributed by atoms with Gasteiger partial charge in [-0.05, 0) is 25.7 Å². The highest BCUT2D eigenvalue weighted by molar-refractivity contribution is 5.95. The molecule has 2 N–H and O–H groups in total. The number of amides is 1. The van der Waals surface area contributed by atoms with Crippen molar-refractivity contribution in [3.63, 3.8) is 0 Å². The van der Waals surface area contributed by atoms with Gasteiger partial charge >= 0.3 is 0 Å². The lowest BCUT2D eigenvalue weighted by atomic mass is 10.1. The highest BCUT2D eigenvalue weighted by atomic mass is 16.3. The largest absolute Gasteiger partial charge is 0.396 e. The van der Waals surface area contributed by atoms with E-state index in [4.69, 9.17) is 5.11 Å². The monoisotopic (exact) mass is 267 g/mol. The number of nitrogens with zero attached hydrogens (tertiary/aromatic N) is 2. The van der Waals surface area contributed by atoms with E-state index in [2.05, 4.69) is 24.3 Å². The molecule has 5 heteroatoms. The summed E-state index contributed by atoms with van der Waals surface area (Å²) in [6, 6.07) is 0.0188. The smallest absolute Gasteiger partial charge is 0.254 e. The summed E-state index contributed by atoms with van der Waals surface area (Å²) in [6.45, 7) is 9.05. The summed E-state index contributed by atoms with van der Waals surface area (Å²) < 4.78 is 1.87. The van der Waals surface area contributed by atoms with E-state index < -0.39 is 0 Å². The van der Waals surface area contributed by atoms with Crippen LogP contribution in [0.2, 0.25) is 0 Å². The summed E-state index contributed by atoms with van der Waals surface area (Å²) >= 11 is 0. The topological polar surface area (TPSA) is 67.2 Å². The zero-order valence-electron chi connectivity index (χ0n) is 12.3. The van der Waals surface area contributed by atoms with Crippen LogP contribution in [0.1, 0.15) is 49.7 Å². The summed E-state index contributed by atoms with van der Waals surface area (Å²) in [6.07, 6.45) is 3.02. The predicted octanol–water partition coefficient (Wildman–Crippen LogP) is 1.74. The molecule has 1 unspecified atom stereocenters. The molecule has 0 aliphatic heterocycles. The lowest BCUT2D eigenvalue weighted by Gasteiger charge is -2.15. The number of carbonyl (C=O) groups is 1. The molecule has 0 aliphatic carbocycles. The van der Waals surface area contributed by atoms with Crippen molar-refractivity contribution in [1.29, 1.82) is 0 Å². The Morgan fingerprint density at radius 2 is 2.21 bits per heavy atom. The quantitative estimate of drug-likeness (QED) is 0.790. The van der Waals surface area contributed by atoms with Crippen molar-refractivity contribution in [3.8, 4) is 0 Å². The maximum absolute atomic E-state index is 12.2. The van der Waals surface area contributed by atoms with E-state index in [9.17, 15) is 4.79 Å². The molecule has 1 amide bonds. The second-order valence-electron chi connectivity index (χ2n) is 5.31. The van der Waals surface area contributed by atoms with Gasteiger partial charge in [0.15, 0.2) is 0 Å². The molecule has 0 saturated carbocycles. The Bertz CT molecular complexity index is 413. The van der Waals surface area contributed by atoms with Crippen LogP contribution >= 0.6 is 0 Å². The van der Waals surface area contributed by atoms with Crippen molar-refractivity contribution in [2.45, 2.75) is 53.1 Å². The maximum Gasteiger partial charge on any atom is 0.254 e. The molecule has 0 spiro atoms. The molecule has 1 heterocycles. The van der Waals surface area contributed by atoms with Gasteiger partial charge in [0, 0.05) is 24.9 Å². The Morgan fingerprint density at radius 1 is 1.53 bits per heavy atom. The number of aromatic nitrogens is 2. The van der Waals surface area contributed by atoms with Gasteiger partial charge in [-0.25, -0.2) is 0 Å². The number of rotatable bonds is 7. The molecular formula is C14H25N3O2. The van der Waals surface area contributed by atoms with Crippen LogP contribution in [0, 0.1) is 12.8 Å². The van der Waals surface area contributed by atoms with Crippen molar-refractivity contribution in [1.82, 2.24) is 15.1 Å². The number of hydrogen-bond donors (Lipinski definition) is 2. The first-order valence-electron chi connectivity index (χ1n) is 6.93. The van der Waals surface area contributed by atoms with Crippen LogP contribution in [0.4, 0.5) is 0 Å². The highest BCUT2D eigenvalue weighted by Gasteiger charge is 2.17. The number of nitrogens with one attached hydrogen (secondary N) is 1. The van der Waals surface area contributed by atoms with Crippen LogP contribution in [0.25, 0.3) is 0 Å². The van der Waals surface area contributed by atoms with Gasteiger partial charge in [-0.2, -0.15) is 5.10 Å². The minimum absolute atomic E-state index is 0.0188. The van der Waals surface area contributed by atoms with Gasteiger partial charge in [0.2, 0.25) is 0 Å². The molecule has 0 radical (unpaired) electrons. The second-order valence-corrected chi connectivity index (χ2v) is 5.31. The van der Waals surface area contributed by atoms with Crippen molar-refractivity contribution < 1.29 is 9.90 Å². The van der Waals surface area contributed by atoms with Gasteiger partial charge in [-0.3, -0.25) is 9.48 Å². The molecule has 1 aromatic heterocycles. The fraction of sp³-hybridized carbons (Fsp3) is 0.714. The van der Waals surface area contributed by atoms with Crippen molar-refractivity contribution >= 4 is 5.91 Å². The van der Waals surface area contributed by atoms with Gasteiger partial charge in [-0.1, -0.05) is 20.8 Å². The van der Waals surface area contributed by atoms with E-state index in [1.54, 1.807) is 6.20 Å². The van der Waals surface area contributed by atoms with E-state index in [1.165, 1.54) is 0 Å². The van der Waals surface area contributed by atoms with Gasteiger partial charge in [0.25, 0.3) is 5.91 Å². The summed E-state index contributed by atoms with van der Waals surface area (Å²) in [5.74, 6) is 0.389. The van der Waals surface area contributed by atoms with Crippen molar-refractivity contribution in [3.05, 3.63) is 17.5 Å². The number of hydrogen-bond acceptors (Lipinski definition) is 3. The molecule has 1 atom stereocenters. The van der Waals surface area contributed by atoms with E-state index in [1.807, 2.05) is 18.5 Å². The molecular weight excluding hydrogens is 242 g/mol. The minimum Gasteiger partial charge on any atom is -0.396 e. The molecule has 1 aromatic rings. The maximum atomic E-state index is 12.2. The van der Waals surface area contributed by atoms with Crippen molar-refractivity contribution in [2.24, 2.45) is 5.92 Å². The van der Waals surface area contributed by atoms with Gasteiger partial charge in [0.1, 0.15) is 0 Å². The number of aliphatic hydroxyl groups is 1. The highest BCUT2D eigenvalue weighted by Crippen LogP contribution is 2.10. The van der Waals surface area contributed by atoms with Gasteiger partial charge in [0.05, 0.1) is 11.8 Å². The Morgan fingerprint density at radius 3 is 2.74 bits per heavy atom. The molecule has 0 saturated heterocycles. The predicted molar refractivity (Wildman–Crippen MR) is 75.1 cm³/mol. The molecule has 1 rings (SSSR count). The van der Waals surface area contributed by atoms with Crippen LogP contribution in [0.5, 0.6) is 0 Å². The Labute approximate surface area is 115 Å². The van der Waals surface area contributed by atoms with Crippen molar-refractivity contribution in [2.75, 3.05) is 6.61 Å². The minimum atomic E-state index is -0.104. The third-order valence-corrected chi connectivity index (χ3v) is 3.19. The molecule has 0 aromatic carbocycles. The molecule has 19 heavy (non-hydrogen) atoms. The third kappa shape index (κ3) is 4.35. The molecule has 108 valence electrons. The molecule has 0 aliphatic rings. The first-order valence-corrected chi connectivity index (χ1v) is 6.93. The lowest BCUT2D eigenvalue weighted by molar-refractivity contribution is 0.0928. The van der Waals surface area contributed by atoms with Crippen LogP contribution in [-0.4, -0.2) is 33.4 Å². The first kappa shape index (κ1) is 15.7. The Hall–Kier alpha value is -1.36. The Balaban J connectivity index is 2.74. The standard InChI is InChI=1S/C14H25N3O2/c1-5-12(6-7-18)16-14(19)13-8-15-17(11(13)4)9-10(2)3/h8,10,12,18H,5-7,9H2,1-4H3,(H,16,19). The van der Waals surface area contributed by atoms with E-state index in [-0.39, 0.29) is 18.6 Å². The summed E-state index contributed by atoms with van der Waals surface area (Å²) in [4.78, 5) is 12.2. The Kier molecular flexibility index (Phi) is 6.02. The average molecular weight is 267 g/mol. The summed E-state index contributed by atoms with van der Waals surface area (Å²) in [5.41, 5.74) is 1.52. The zero-order valence-corrected chi connectivity index (χ0v) is 12.3. The van der Waals surface area contributed by atoms with Gasteiger partial charge in [-0.15, -0.1) is 0 Å². The average Bonchev–Trinajstić information content (AvgIpc) is 2.69. The third-order valence-electron chi connectivity index (χ3n) is 3.19.